The fraction of sp³-hybridized carbons (Fsp3) is 0.273. The molecule has 0 aliphatic carbocycles. The van der Waals surface area contributed by atoms with Crippen molar-refractivity contribution in [1.82, 2.24) is 19.7 Å². The molecule has 0 aliphatic heterocycles. The number of aromatic nitrogens is 3. The van der Waals surface area contributed by atoms with Gasteiger partial charge in [0, 0.05) is 6.54 Å². The van der Waals surface area contributed by atoms with Gasteiger partial charge in [0.15, 0.2) is 11.6 Å². The molecule has 1 heterocycles. The summed E-state index contributed by atoms with van der Waals surface area (Å²) < 4.78 is 1.89. The van der Waals surface area contributed by atoms with Gasteiger partial charge in [-0.05, 0) is 36.9 Å². The van der Waals surface area contributed by atoms with Crippen molar-refractivity contribution in [3.63, 3.8) is 0 Å². The van der Waals surface area contributed by atoms with E-state index in [4.69, 9.17) is 0 Å². The molecule has 0 radical (unpaired) electrons. The molecular weight excluding hydrogens is 336 g/mol. The van der Waals surface area contributed by atoms with Crippen LogP contribution in [0.5, 0.6) is 5.75 Å². The Morgan fingerprint density at radius 2 is 1.67 bits per heavy atom. The van der Waals surface area contributed by atoms with Crippen LogP contribution in [0.4, 0.5) is 0 Å². The van der Waals surface area contributed by atoms with Gasteiger partial charge in [0.2, 0.25) is 0 Å². The van der Waals surface area contributed by atoms with E-state index in [-0.39, 0.29) is 5.75 Å². The average molecular weight is 362 g/mol. The first-order chi connectivity index (χ1) is 13.2. The predicted octanol–water partition coefficient (Wildman–Crippen LogP) is 4.16. The lowest BCUT2D eigenvalue weighted by Gasteiger charge is -2.18. The van der Waals surface area contributed by atoms with Crippen LogP contribution >= 0.6 is 0 Å². The van der Waals surface area contributed by atoms with Crippen LogP contribution in [0, 0.1) is 0 Å². The molecule has 5 nitrogen and oxygen atoms in total. The molecular formula is C22H26N4O. The highest BCUT2D eigenvalue weighted by Gasteiger charge is 2.14. The Kier molecular flexibility index (Phi) is 6.39. The number of rotatable bonds is 8. The molecule has 140 valence electrons. The van der Waals surface area contributed by atoms with Crippen molar-refractivity contribution in [1.29, 1.82) is 0 Å². The zero-order valence-electron chi connectivity index (χ0n) is 15.9. The zero-order valence-corrected chi connectivity index (χ0v) is 15.9. The van der Waals surface area contributed by atoms with Crippen molar-refractivity contribution in [3.8, 4) is 17.1 Å². The molecule has 0 saturated carbocycles. The van der Waals surface area contributed by atoms with Crippen LogP contribution in [0.15, 0.2) is 54.6 Å². The lowest BCUT2D eigenvalue weighted by Crippen LogP contribution is -2.27. The Morgan fingerprint density at radius 3 is 2.37 bits per heavy atom. The Morgan fingerprint density at radius 1 is 0.963 bits per heavy atom. The maximum absolute atomic E-state index is 10.3. The first-order valence-corrected chi connectivity index (χ1v) is 9.40. The van der Waals surface area contributed by atoms with Gasteiger partial charge in [-0.1, -0.05) is 62.4 Å². The number of aromatic hydroxyl groups is 1. The highest BCUT2D eigenvalue weighted by molar-refractivity contribution is 5.69. The molecule has 2 aromatic carbocycles. The summed E-state index contributed by atoms with van der Waals surface area (Å²) >= 11 is 0. The SMILES string of the molecule is CCN(CC)CCn1nc(/C=C/c2ccccc2)nc1-c1ccccc1O. The van der Waals surface area contributed by atoms with Gasteiger partial charge in [-0.2, -0.15) is 5.10 Å². The minimum atomic E-state index is 0.215. The molecule has 3 rings (SSSR count). The maximum atomic E-state index is 10.3. The van der Waals surface area contributed by atoms with Crippen molar-refractivity contribution >= 4 is 12.2 Å². The van der Waals surface area contributed by atoms with Crippen molar-refractivity contribution in [2.24, 2.45) is 0 Å². The molecule has 0 atom stereocenters. The number of phenols is 1. The number of hydrogen-bond acceptors (Lipinski definition) is 4. The van der Waals surface area contributed by atoms with E-state index in [1.807, 2.05) is 65.4 Å². The first kappa shape index (κ1) is 18.9. The fourth-order valence-electron chi connectivity index (χ4n) is 2.96. The van der Waals surface area contributed by atoms with Gasteiger partial charge in [0.05, 0.1) is 12.1 Å². The number of likely N-dealkylation sites (N-methyl/N-ethyl adjacent to an activating group) is 1. The molecule has 27 heavy (non-hydrogen) atoms. The highest BCUT2D eigenvalue weighted by atomic mass is 16.3. The van der Waals surface area contributed by atoms with E-state index in [2.05, 4.69) is 28.8 Å². The molecule has 0 spiro atoms. The molecule has 1 aromatic heterocycles. The van der Waals surface area contributed by atoms with Crippen LogP contribution in [0.3, 0.4) is 0 Å². The molecule has 1 N–H and O–H groups in total. The Bertz CT molecular complexity index is 882. The second-order valence-corrected chi connectivity index (χ2v) is 6.30. The van der Waals surface area contributed by atoms with Gasteiger partial charge in [0.25, 0.3) is 0 Å². The molecule has 0 fully saturated rings. The maximum Gasteiger partial charge on any atom is 0.174 e. The largest absolute Gasteiger partial charge is 0.507 e. The van der Waals surface area contributed by atoms with Crippen LogP contribution < -0.4 is 0 Å². The predicted molar refractivity (Wildman–Crippen MR) is 110 cm³/mol. The molecule has 0 bridgehead atoms. The quantitative estimate of drug-likeness (QED) is 0.654. The summed E-state index contributed by atoms with van der Waals surface area (Å²) in [6.45, 7) is 7.91. The monoisotopic (exact) mass is 362 g/mol. The van der Waals surface area contributed by atoms with Gasteiger partial charge in [-0.15, -0.1) is 0 Å². The van der Waals surface area contributed by atoms with Crippen molar-refractivity contribution in [2.45, 2.75) is 20.4 Å². The minimum Gasteiger partial charge on any atom is -0.507 e. The van der Waals surface area contributed by atoms with E-state index in [9.17, 15) is 5.11 Å². The normalized spacial score (nSPS) is 11.5. The van der Waals surface area contributed by atoms with E-state index in [0.717, 1.165) is 31.7 Å². The van der Waals surface area contributed by atoms with E-state index in [1.165, 1.54) is 0 Å². The van der Waals surface area contributed by atoms with E-state index in [1.54, 1.807) is 6.07 Å². The lowest BCUT2D eigenvalue weighted by atomic mass is 10.2. The molecule has 0 amide bonds. The number of para-hydroxylation sites is 1. The average Bonchev–Trinajstić information content (AvgIpc) is 3.11. The lowest BCUT2D eigenvalue weighted by molar-refractivity contribution is 0.286. The number of nitrogens with zero attached hydrogens (tertiary/aromatic N) is 4. The molecule has 3 aromatic rings. The summed E-state index contributed by atoms with van der Waals surface area (Å²) in [7, 11) is 0. The van der Waals surface area contributed by atoms with E-state index >= 15 is 0 Å². The number of phenolic OH excluding ortho intramolecular Hbond substituents is 1. The third-order valence-electron chi connectivity index (χ3n) is 4.58. The van der Waals surface area contributed by atoms with Gasteiger partial charge < -0.3 is 10.0 Å². The summed E-state index contributed by atoms with van der Waals surface area (Å²) in [5.41, 5.74) is 1.80. The zero-order chi connectivity index (χ0) is 19.1. The smallest absolute Gasteiger partial charge is 0.174 e. The standard InChI is InChI=1S/C22H26N4O/c1-3-25(4-2)16-17-26-22(19-12-8-9-13-20(19)27)23-21(24-26)15-14-18-10-6-5-7-11-18/h5-15,27H,3-4,16-17H2,1-2H3/b15-14+. The Hall–Kier alpha value is -2.92. The summed E-state index contributed by atoms with van der Waals surface area (Å²) in [6, 6.07) is 17.3. The van der Waals surface area contributed by atoms with Crippen LogP contribution in [0.25, 0.3) is 23.5 Å². The molecule has 0 aliphatic rings. The topological polar surface area (TPSA) is 54.2 Å². The second kappa shape index (κ2) is 9.14. The van der Waals surface area contributed by atoms with Crippen molar-refractivity contribution in [2.75, 3.05) is 19.6 Å². The van der Waals surface area contributed by atoms with E-state index < -0.39 is 0 Å². The summed E-state index contributed by atoms with van der Waals surface area (Å²) in [4.78, 5) is 7.02. The third kappa shape index (κ3) is 4.83. The summed E-state index contributed by atoms with van der Waals surface area (Å²) in [5, 5.41) is 14.9. The van der Waals surface area contributed by atoms with E-state index in [0.29, 0.717) is 17.2 Å². The molecule has 0 unspecified atom stereocenters. The molecule has 0 saturated heterocycles. The van der Waals surface area contributed by atoms with Crippen LogP contribution in [-0.4, -0.2) is 44.4 Å². The van der Waals surface area contributed by atoms with Gasteiger partial charge >= 0.3 is 0 Å². The van der Waals surface area contributed by atoms with Crippen molar-refractivity contribution in [3.05, 3.63) is 66.0 Å². The highest BCUT2D eigenvalue weighted by Crippen LogP contribution is 2.27. The fourth-order valence-corrected chi connectivity index (χ4v) is 2.96. The van der Waals surface area contributed by atoms with Gasteiger partial charge in [-0.25, -0.2) is 9.67 Å². The number of hydrogen-bond donors (Lipinski definition) is 1. The van der Waals surface area contributed by atoms with Crippen LogP contribution in [0.2, 0.25) is 0 Å². The van der Waals surface area contributed by atoms with Crippen LogP contribution in [0.1, 0.15) is 25.2 Å². The summed E-state index contributed by atoms with van der Waals surface area (Å²) in [5.74, 6) is 1.54. The Balaban J connectivity index is 1.91. The molecule has 5 heteroatoms. The third-order valence-corrected chi connectivity index (χ3v) is 4.58. The van der Waals surface area contributed by atoms with Crippen LogP contribution in [-0.2, 0) is 6.54 Å². The van der Waals surface area contributed by atoms with Crippen molar-refractivity contribution < 1.29 is 5.11 Å². The van der Waals surface area contributed by atoms with Gasteiger partial charge in [0.1, 0.15) is 5.75 Å². The second-order valence-electron chi connectivity index (χ2n) is 6.30. The van der Waals surface area contributed by atoms with Gasteiger partial charge in [-0.3, -0.25) is 0 Å². The summed E-state index contributed by atoms with van der Waals surface area (Å²) in [6.07, 6.45) is 3.91. The minimum absolute atomic E-state index is 0.215. The number of benzene rings is 2. The first-order valence-electron chi connectivity index (χ1n) is 9.40. The Labute approximate surface area is 160 Å².